The van der Waals surface area contributed by atoms with Crippen molar-refractivity contribution in [2.45, 2.75) is 5.16 Å². The first-order valence-corrected chi connectivity index (χ1v) is 9.68. The quantitative estimate of drug-likeness (QED) is 0.477. The Bertz CT molecular complexity index is 1010. The number of amides is 1. The van der Waals surface area contributed by atoms with E-state index in [9.17, 15) is 4.79 Å². The molecule has 1 amide bonds. The smallest absolute Gasteiger partial charge is 0.235 e. The molecule has 0 aliphatic carbocycles. The summed E-state index contributed by atoms with van der Waals surface area (Å²) in [5.74, 6) is 6.14. The van der Waals surface area contributed by atoms with Gasteiger partial charge in [-0.1, -0.05) is 35.0 Å². The number of nitrogen functional groups attached to an aromatic ring is 1. The predicted molar refractivity (Wildman–Crippen MR) is 104 cm³/mol. The molecule has 0 atom stereocenters. The molecular formula is C15H10Cl2N6OS2. The summed E-state index contributed by atoms with van der Waals surface area (Å²) < 4.78 is 1.25. The minimum absolute atomic E-state index is 0.0569. The highest BCUT2D eigenvalue weighted by Crippen LogP contribution is 2.30. The zero-order valence-corrected chi connectivity index (χ0v) is 16.1. The van der Waals surface area contributed by atoms with Gasteiger partial charge in [-0.15, -0.1) is 21.5 Å². The van der Waals surface area contributed by atoms with E-state index in [0.717, 1.165) is 11.8 Å². The van der Waals surface area contributed by atoms with Crippen molar-refractivity contribution in [1.29, 1.82) is 5.26 Å². The lowest BCUT2D eigenvalue weighted by molar-refractivity contribution is -0.113. The van der Waals surface area contributed by atoms with Gasteiger partial charge in [-0.05, 0) is 29.6 Å². The number of halogens is 2. The van der Waals surface area contributed by atoms with Crippen LogP contribution in [-0.4, -0.2) is 26.5 Å². The number of carbonyl (C=O) groups excluding carboxylic acids is 1. The van der Waals surface area contributed by atoms with Crippen molar-refractivity contribution >= 4 is 57.2 Å². The molecule has 0 radical (unpaired) electrons. The van der Waals surface area contributed by atoms with E-state index >= 15 is 0 Å². The second kappa shape index (κ2) is 7.97. The molecule has 0 unspecified atom stereocenters. The standard InChI is InChI=1S/C15H10Cl2N6OS2/c16-9-1-2-11(17)10(5-9)13-21-22-15(23(13)19)26-7-12(24)20-14-8(6-18)3-4-25-14/h1-5H,7,19H2,(H,20,24). The van der Waals surface area contributed by atoms with Crippen LogP contribution in [0.15, 0.2) is 34.8 Å². The molecule has 0 aliphatic heterocycles. The highest BCUT2D eigenvalue weighted by Gasteiger charge is 2.17. The third kappa shape index (κ3) is 3.94. The highest BCUT2D eigenvalue weighted by molar-refractivity contribution is 7.99. The van der Waals surface area contributed by atoms with Crippen LogP contribution in [0.2, 0.25) is 10.0 Å². The van der Waals surface area contributed by atoms with Crippen LogP contribution in [0.5, 0.6) is 0 Å². The van der Waals surface area contributed by atoms with Crippen molar-refractivity contribution in [2.24, 2.45) is 0 Å². The minimum atomic E-state index is -0.278. The molecule has 132 valence electrons. The summed E-state index contributed by atoms with van der Waals surface area (Å²) in [5, 5.41) is 23.2. The topological polar surface area (TPSA) is 110 Å². The normalized spacial score (nSPS) is 10.5. The molecule has 0 saturated carbocycles. The van der Waals surface area contributed by atoms with Crippen molar-refractivity contribution in [2.75, 3.05) is 16.9 Å². The van der Waals surface area contributed by atoms with Crippen LogP contribution in [0.4, 0.5) is 5.00 Å². The SMILES string of the molecule is N#Cc1ccsc1NC(=O)CSc1nnc(-c2cc(Cl)ccc2Cl)n1N. The molecule has 2 aromatic heterocycles. The van der Waals surface area contributed by atoms with Gasteiger partial charge in [-0.3, -0.25) is 4.79 Å². The van der Waals surface area contributed by atoms with Crippen LogP contribution in [0.1, 0.15) is 5.56 Å². The van der Waals surface area contributed by atoms with Crippen LogP contribution in [-0.2, 0) is 4.79 Å². The Morgan fingerprint density at radius 3 is 2.96 bits per heavy atom. The maximum Gasteiger partial charge on any atom is 0.235 e. The molecule has 1 aromatic carbocycles. The van der Waals surface area contributed by atoms with E-state index < -0.39 is 0 Å². The maximum absolute atomic E-state index is 12.1. The number of thiophene rings is 1. The first-order valence-electron chi connectivity index (χ1n) is 7.05. The van der Waals surface area contributed by atoms with E-state index in [0.29, 0.717) is 37.2 Å². The Morgan fingerprint density at radius 2 is 2.19 bits per heavy atom. The zero-order valence-electron chi connectivity index (χ0n) is 12.9. The second-order valence-electron chi connectivity index (χ2n) is 4.91. The maximum atomic E-state index is 12.1. The zero-order chi connectivity index (χ0) is 18.7. The van der Waals surface area contributed by atoms with Gasteiger partial charge < -0.3 is 11.2 Å². The first-order chi connectivity index (χ1) is 12.5. The predicted octanol–water partition coefficient (Wildman–Crippen LogP) is 3.63. The molecule has 3 N–H and O–H groups in total. The van der Waals surface area contributed by atoms with Gasteiger partial charge in [0.1, 0.15) is 11.1 Å². The summed E-state index contributed by atoms with van der Waals surface area (Å²) in [5.41, 5.74) is 0.968. The Kier molecular flexibility index (Phi) is 5.68. The van der Waals surface area contributed by atoms with E-state index in [2.05, 4.69) is 15.5 Å². The molecule has 0 fully saturated rings. The monoisotopic (exact) mass is 424 g/mol. The van der Waals surface area contributed by atoms with Gasteiger partial charge in [0.2, 0.25) is 11.1 Å². The molecule has 0 spiro atoms. The number of hydrogen-bond acceptors (Lipinski definition) is 7. The van der Waals surface area contributed by atoms with Crippen LogP contribution in [0, 0.1) is 11.3 Å². The fraction of sp³-hybridized carbons (Fsp3) is 0.0667. The summed E-state index contributed by atoms with van der Waals surface area (Å²) in [6.07, 6.45) is 0. The van der Waals surface area contributed by atoms with Crippen LogP contribution in [0.25, 0.3) is 11.4 Å². The number of thioether (sulfide) groups is 1. The first kappa shape index (κ1) is 18.5. The fourth-order valence-corrected chi connectivity index (χ4v) is 3.80. The summed E-state index contributed by atoms with van der Waals surface area (Å²) in [4.78, 5) is 12.1. The van der Waals surface area contributed by atoms with Gasteiger partial charge in [-0.25, -0.2) is 4.68 Å². The molecule has 0 saturated heterocycles. The summed E-state index contributed by atoms with van der Waals surface area (Å²) in [7, 11) is 0. The molecule has 3 aromatic rings. The highest BCUT2D eigenvalue weighted by atomic mass is 35.5. The molecular weight excluding hydrogens is 415 g/mol. The number of nitrogens with zero attached hydrogens (tertiary/aromatic N) is 4. The minimum Gasteiger partial charge on any atom is -0.335 e. The number of benzene rings is 1. The van der Waals surface area contributed by atoms with Crippen LogP contribution < -0.4 is 11.2 Å². The van der Waals surface area contributed by atoms with E-state index in [-0.39, 0.29) is 11.7 Å². The number of anilines is 1. The Labute approximate surface area is 166 Å². The molecule has 0 aliphatic rings. The summed E-state index contributed by atoms with van der Waals surface area (Å²) in [6, 6.07) is 8.59. The second-order valence-corrected chi connectivity index (χ2v) is 7.61. The van der Waals surface area contributed by atoms with Crippen molar-refractivity contribution in [3.8, 4) is 17.5 Å². The Morgan fingerprint density at radius 1 is 1.38 bits per heavy atom. The third-order valence-electron chi connectivity index (χ3n) is 3.20. The number of nitrogens with two attached hydrogens (primary N) is 1. The number of carbonyl (C=O) groups is 1. The molecule has 7 nitrogen and oxygen atoms in total. The largest absolute Gasteiger partial charge is 0.335 e. The Hall–Kier alpha value is -2.25. The lowest BCUT2D eigenvalue weighted by atomic mass is 10.2. The number of nitrogens with one attached hydrogen (secondary N) is 1. The molecule has 2 heterocycles. The third-order valence-corrected chi connectivity index (χ3v) is 5.54. The number of aromatic nitrogens is 3. The summed E-state index contributed by atoms with van der Waals surface area (Å²) in [6.45, 7) is 0. The van der Waals surface area contributed by atoms with Gasteiger partial charge in [0.15, 0.2) is 5.82 Å². The van der Waals surface area contributed by atoms with Gasteiger partial charge in [0.25, 0.3) is 0 Å². The lowest BCUT2D eigenvalue weighted by Gasteiger charge is -2.06. The number of rotatable bonds is 5. The molecule has 26 heavy (non-hydrogen) atoms. The van der Waals surface area contributed by atoms with Crippen molar-refractivity contribution in [3.05, 3.63) is 45.3 Å². The lowest BCUT2D eigenvalue weighted by Crippen LogP contribution is -2.16. The van der Waals surface area contributed by atoms with Crippen molar-refractivity contribution in [3.63, 3.8) is 0 Å². The summed E-state index contributed by atoms with van der Waals surface area (Å²) >= 11 is 14.5. The van der Waals surface area contributed by atoms with Crippen molar-refractivity contribution in [1.82, 2.24) is 14.9 Å². The van der Waals surface area contributed by atoms with E-state index in [1.54, 1.807) is 29.6 Å². The Balaban J connectivity index is 1.70. The van der Waals surface area contributed by atoms with E-state index in [1.807, 2.05) is 6.07 Å². The van der Waals surface area contributed by atoms with Crippen LogP contribution >= 0.6 is 46.3 Å². The van der Waals surface area contributed by atoms with Gasteiger partial charge in [0.05, 0.1) is 16.3 Å². The molecule has 3 rings (SSSR count). The number of hydrogen-bond donors (Lipinski definition) is 2. The van der Waals surface area contributed by atoms with Gasteiger partial charge in [0, 0.05) is 10.6 Å². The molecule has 0 bridgehead atoms. The van der Waals surface area contributed by atoms with Gasteiger partial charge in [-0.2, -0.15) is 5.26 Å². The number of nitriles is 1. The molecule has 11 heteroatoms. The van der Waals surface area contributed by atoms with Gasteiger partial charge >= 0.3 is 0 Å². The van der Waals surface area contributed by atoms with E-state index in [1.165, 1.54) is 16.0 Å². The van der Waals surface area contributed by atoms with Crippen LogP contribution in [0.3, 0.4) is 0 Å². The average molecular weight is 425 g/mol. The van der Waals surface area contributed by atoms with Crippen molar-refractivity contribution < 1.29 is 4.79 Å². The average Bonchev–Trinajstić information content (AvgIpc) is 3.21. The fourth-order valence-electron chi connectivity index (χ4n) is 2.01. The van der Waals surface area contributed by atoms with E-state index in [4.69, 9.17) is 34.3 Å².